The highest BCUT2D eigenvalue weighted by Crippen LogP contribution is 2.33. The van der Waals surface area contributed by atoms with Crippen LogP contribution in [0.1, 0.15) is 25.7 Å². The lowest BCUT2D eigenvalue weighted by atomic mass is 10.1. The molecule has 1 amide bonds. The first-order chi connectivity index (χ1) is 9.96. The van der Waals surface area contributed by atoms with Gasteiger partial charge in [0, 0.05) is 16.6 Å². The van der Waals surface area contributed by atoms with E-state index in [1.165, 1.54) is 11.3 Å². The number of carbonyl (C=O) groups is 1. The van der Waals surface area contributed by atoms with E-state index in [0.717, 1.165) is 21.7 Å². The summed E-state index contributed by atoms with van der Waals surface area (Å²) in [6.07, 6.45) is 0. The van der Waals surface area contributed by atoms with E-state index in [4.69, 9.17) is 9.47 Å². The zero-order valence-electron chi connectivity index (χ0n) is 12.9. The molecule has 0 saturated carbocycles. The number of methoxy groups -OCH3 is 2. The molecule has 0 atom stereocenters. The lowest BCUT2D eigenvalue weighted by Gasteiger charge is -2.13. The molecule has 0 spiro atoms. The molecule has 0 unspecified atom stereocenters. The Morgan fingerprint density at radius 1 is 1.00 bits per heavy atom. The standard InChI is InChI=1S/C16H19NO3S/c1-9-7-15(21-11(9)3)16(18)17-12-8-14(20-5)13(19-4)6-10(12)2/h6-8H,1-5H3,(H,17,18). The molecule has 2 aromatic rings. The molecule has 0 saturated heterocycles. The second kappa shape index (κ2) is 6.18. The highest BCUT2D eigenvalue weighted by molar-refractivity contribution is 7.14. The summed E-state index contributed by atoms with van der Waals surface area (Å²) < 4.78 is 10.5. The molecule has 0 aliphatic heterocycles. The van der Waals surface area contributed by atoms with E-state index < -0.39 is 0 Å². The smallest absolute Gasteiger partial charge is 0.265 e. The minimum Gasteiger partial charge on any atom is -0.493 e. The Bertz CT molecular complexity index is 657. The van der Waals surface area contributed by atoms with Crippen molar-refractivity contribution < 1.29 is 14.3 Å². The fraction of sp³-hybridized carbons (Fsp3) is 0.312. The van der Waals surface area contributed by atoms with Crippen LogP contribution in [0.2, 0.25) is 0 Å². The van der Waals surface area contributed by atoms with Crippen LogP contribution in [-0.4, -0.2) is 20.1 Å². The third kappa shape index (κ3) is 3.19. The van der Waals surface area contributed by atoms with E-state index in [2.05, 4.69) is 5.32 Å². The maximum atomic E-state index is 12.3. The number of rotatable bonds is 4. The number of thiophene rings is 1. The first-order valence-electron chi connectivity index (χ1n) is 6.57. The molecule has 1 heterocycles. The van der Waals surface area contributed by atoms with Gasteiger partial charge in [0.15, 0.2) is 11.5 Å². The van der Waals surface area contributed by atoms with Crippen molar-refractivity contribution in [1.82, 2.24) is 0 Å². The zero-order chi connectivity index (χ0) is 15.6. The summed E-state index contributed by atoms with van der Waals surface area (Å²) in [5.41, 5.74) is 2.78. The molecule has 0 aliphatic rings. The summed E-state index contributed by atoms with van der Waals surface area (Å²) in [4.78, 5) is 14.2. The lowest BCUT2D eigenvalue weighted by Crippen LogP contribution is -2.11. The molecule has 1 aromatic carbocycles. The first-order valence-corrected chi connectivity index (χ1v) is 7.39. The van der Waals surface area contributed by atoms with Gasteiger partial charge in [-0.3, -0.25) is 4.79 Å². The molecule has 112 valence electrons. The number of hydrogen-bond donors (Lipinski definition) is 1. The number of anilines is 1. The van der Waals surface area contributed by atoms with E-state index in [0.29, 0.717) is 16.4 Å². The maximum absolute atomic E-state index is 12.3. The molecule has 0 radical (unpaired) electrons. The third-order valence-corrected chi connectivity index (χ3v) is 4.52. The van der Waals surface area contributed by atoms with Gasteiger partial charge >= 0.3 is 0 Å². The second-order valence-electron chi connectivity index (χ2n) is 4.83. The molecule has 4 nitrogen and oxygen atoms in total. The number of nitrogens with one attached hydrogen (secondary N) is 1. The Morgan fingerprint density at radius 3 is 2.14 bits per heavy atom. The van der Waals surface area contributed by atoms with Crippen LogP contribution in [0.4, 0.5) is 5.69 Å². The topological polar surface area (TPSA) is 47.6 Å². The maximum Gasteiger partial charge on any atom is 0.265 e. The van der Waals surface area contributed by atoms with Crippen LogP contribution < -0.4 is 14.8 Å². The number of benzene rings is 1. The lowest BCUT2D eigenvalue weighted by molar-refractivity contribution is 0.103. The molecule has 0 fully saturated rings. The number of ether oxygens (including phenoxy) is 2. The number of carbonyl (C=O) groups excluding carboxylic acids is 1. The van der Waals surface area contributed by atoms with Crippen molar-refractivity contribution in [2.75, 3.05) is 19.5 Å². The summed E-state index contributed by atoms with van der Waals surface area (Å²) in [5.74, 6) is 1.14. The Balaban J connectivity index is 2.28. The van der Waals surface area contributed by atoms with E-state index in [1.54, 1.807) is 20.3 Å². The number of amides is 1. The van der Waals surface area contributed by atoms with Gasteiger partial charge in [0.2, 0.25) is 0 Å². The molecule has 0 bridgehead atoms. The SMILES string of the molecule is COc1cc(C)c(NC(=O)c2cc(C)c(C)s2)cc1OC. The Kier molecular flexibility index (Phi) is 4.53. The number of hydrogen-bond acceptors (Lipinski definition) is 4. The van der Waals surface area contributed by atoms with E-state index in [-0.39, 0.29) is 5.91 Å². The summed E-state index contributed by atoms with van der Waals surface area (Å²) in [7, 11) is 3.16. The average molecular weight is 305 g/mol. The van der Waals surface area contributed by atoms with Crippen LogP contribution in [0.25, 0.3) is 0 Å². The minimum atomic E-state index is -0.105. The van der Waals surface area contributed by atoms with Crippen LogP contribution in [0.5, 0.6) is 11.5 Å². The second-order valence-corrected chi connectivity index (χ2v) is 6.08. The van der Waals surface area contributed by atoms with Crippen LogP contribution in [0.3, 0.4) is 0 Å². The van der Waals surface area contributed by atoms with Crippen molar-refractivity contribution in [2.24, 2.45) is 0 Å². The van der Waals surface area contributed by atoms with E-state index in [1.807, 2.05) is 32.9 Å². The number of aryl methyl sites for hydroxylation is 3. The summed E-state index contributed by atoms with van der Waals surface area (Å²) in [6.45, 7) is 5.94. The summed E-state index contributed by atoms with van der Waals surface area (Å²) in [5, 5.41) is 2.93. The average Bonchev–Trinajstić information content (AvgIpc) is 2.80. The molecule has 1 N–H and O–H groups in total. The van der Waals surface area contributed by atoms with Gasteiger partial charge in [-0.15, -0.1) is 11.3 Å². The normalized spacial score (nSPS) is 10.3. The molecule has 2 rings (SSSR count). The van der Waals surface area contributed by atoms with E-state index in [9.17, 15) is 4.79 Å². The minimum absolute atomic E-state index is 0.105. The van der Waals surface area contributed by atoms with Gasteiger partial charge in [0.1, 0.15) is 0 Å². The van der Waals surface area contributed by atoms with Gasteiger partial charge in [0.25, 0.3) is 5.91 Å². The molecular formula is C16H19NO3S. The predicted octanol–water partition coefficient (Wildman–Crippen LogP) is 3.94. The molecule has 0 aliphatic carbocycles. The Labute approximate surface area is 128 Å². The Morgan fingerprint density at radius 2 is 1.62 bits per heavy atom. The van der Waals surface area contributed by atoms with Gasteiger partial charge in [-0.1, -0.05) is 0 Å². The summed E-state index contributed by atoms with van der Waals surface area (Å²) in [6, 6.07) is 5.53. The van der Waals surface area contributed by atoms with Crippen LogP contribution in [-0.2, 0) is 0 Å². The molecule has 1 aromatic heterocycles. The van der Waals surface area contributed by atoms with Gasteiger partial charge in [-0.25, -0.2) is 0 Å². The highest BCUT2D eigenvalue weighted by Gasteiger charge is 2.14. The fourth-order valence-electron chi connectivity index (χ4n) is 1.98. The van der Waals surface area contributed by atoms with Crippen LogP contribution in [0.15, 0.2) is 18.2 Å². The zero-order valence-corrected chi connectivity index (χ0v) is 13.7. The Hall–Kier alpha value is -2.01. The quantitative estimate of drug-likeness (QED) is 0.930. The van der Waals surface area contributed by atoms with Crippen molar-refractivity contribution >= 4 is 22.9 Å². The highest BCUT2D eigenvalue weighted by atomic mass is 32.1. The van der Waals surface area contributed by atoms with Gasteiger partial charge < -0.3 is 14.8 Å². The van der Waals surface area contributed by atoms with Crippen molar-refractivity contribution in [1.29, 1.82) is 0 Å². The predicted molar refractivity (Wildman–Crippen MR) is 86.0 cm³/mol. The van der Waals surface area contributed by atoms with Crippen LogP contribution >= 0.6 is 11.3 Å². The van der Waals surface area contributed by atoms with Gasteiger partial charge in [-0.05, 0) is 44.0 Å². The molecular weight excluding hydrogens is 286 g/mol. The first kappa shape index (κ1) is 15.4. The van der Waals surface area contributed by atoms with Crippen molar-refractivity contribution in [3.8, 4) is 11.5 Å². The summed E-state index contributed by atoms with van der Waals surface area (Å²) >= 11 is 1.50. The van der Waals surface area contributed by atoms with Gasteiger partial charge in [-0.2, -0.15) is 0 Å². The van der Waals surface area contributed by atoms with Crippen molar-refractivity contribution in [3.05, 3.63) is 39.1 Å². The van der Waals surface area contributed by atoms with Gasteiger partial charge in [0.05, 0.1) is 19.1 Å². The molecule has 5 heteroatoms. The fourth-order valence-corrected chi connectivity index (χ4v) is 2.91. The van der Waals surface area contributed by atoms with E-state index >= 15 is 0 Å². The third-order valence-electron chi connectivity index (χ3n) is 3.37. The van der Waals surface area contributed by atoms with Crippen molar-refractivity contribution in [2.45, 2.75) is 20.8 Å². The monoisotopic (exact) mass is 305 g/mol. The van der Waals surface area contributed by atoms with Crippen molar-refractivity contribution in [3.63, 3.8) is 0 Å². The largest absolute Gasteiger partial charge is 0.493 e. The molecule has 21 heavy (non-hydrogen) atoms. The van der Waals surface area contributed by atoms with Crippen LogP contribution in [0, 0.1) is 20.8 Å².